The second-order valence-electron chi connectivity index (χ2n) is 7.49. The molecule has 1 heterocycles. The first-order valence-corrected chi connectivity index (χ1v) is 11.2. The molecule has 1 N–H and O–H groups in total. The van der Waals surface area contributed by atoms with Crippen LogP contribution in [-0.2, 0) is 22.7 Å². The molecule has 0 bridgehead atoms. The molecule has 1 aliphatic heterocycles. The van der Waals surface area contributed by atoms with Crippen LogP contribution in [0.5, 0.6) is 5.75 Å². The molecule has 164 valence electrons. The van der Waals surface area contributed by atoms with Gasteiger partial charge in [0.15, 0.2) is 0 Å². The van der Waals surface area contributed by atoms with Crippen molar-refractivity contribution in [2.45, 2.75) is 17.6 Å². The lowest BCUT2D eigenvalue weighted by Gasteiger charge is -2.34. The van der Waals surface area contributed by atoms with E-state index in [1.807, 2.05) is 35.2 Å². The predicted molar refractivity (Wildman–Crippen MR) is 111 cm³/mol. The number of sulfonamides is 1. The molecule has 3 aromatic rings. The molecule has 31 heavy (non-hydrogen) atoms. The standard InChI is InChI=1S/C22H21F3N2O3S/c23-22(24,25)17-5-3-6-18(14-17)31(29,30)27-12-10-26(11-13-27)15-20-19-7-2-1-4-16(19)8-9-21(20)28/h1-9,14,28H,10-13,15H2. The summed E-state index contributed by atoms with van der Waals surface area (Å²) in [7, 11) is -4.03. The topological polar surface area (TPSA) is 60.9 Å². The van der Waals surface area contributed by atoms with E-state index >= 15 is 0 Å². The second kappa shape index (κ2) is 8.14. The number of hydrogen-bond donors (Lipinski definition) is 1. The molecule has 0 aromatic heterocycles. The molecule has 0 atom stereocenters. The van der Waals surface area contributed by atoms with Crippen LogP contribution in [0.2, 0.25) is 0 Å². The fourth-order valence-corrected chi connectivity index (χ4v) is 5.29. The molecule has 0 unspecified atom stereocenters. The van der Waals surface area contributed by atoms with E-state index < -0.39 is 21.8 Å². The van der Waals surface area contributed by atoms with Crippen LogP contribution in [0.15, 0.2) is 65.6 Å². The number of phenolic OH excluding ortho intramolecular Hbond substituents is 1. The number of aromatic hydroxyl groups is 1. The second-order valence-corrected chi connectivity index (χ2v) is 9.43. The van der Waals surface area contributed by atoms with Crippen LogP contribution in [0.4, 0.5) is 13.2 Å². The first-order chi connectivity index (χ1) is 14.7. The Hall–Kier alpha value is -2.62. The van der Waals surface area contributed by atoms with E-state index in [9.17, 15) is 26.7 Å². The van der Waals surface area contributed by atoms with Gasteiger partial charge in [0.05, 0.1) is 10.5 Å². The Bertz CT molecular complexity index is 1200. The summed E-state index contributed by atoms with van der Waals surface area (Å²) >= 11 is 0. The Morgan fingerprint density at radius 3 is 2.32 bits per heavy atom. The molecule has 0 radical (unpaired) electrons. The van der Waals surface area contributed by atoms with Crippen molar-refractivity contribution in [2.24, 2.45) is 0 Å². The van der Waals surface area contributed by atoms with E-state index in [-0.39, 0.29) is 23.7 Å². The van der Waals surface area contributed by atoms with E-state index in [4.69, 9.17) is 0 Å². The molecule has 0 spiro atoms. The van der Waals surface area contributed by atoms with Crippen molar-refractivity contribution in [1.29, 1.82) is 0 Å². The summed E-state index contributed by atoms with van der Waals surface area (Å²) in [4.78, 5) is 1.67. The summed E-state index contributed by atoms with van der Waals surface area (Å²) in [5.74, 6) is 0.178. The lowest BCUT2D eigenvalue weighted by atomic mass is 10.0. The molecule has 1 fully saturated rings. The van der Waals surface area contributed by atoms with Crippen molar-refractivity contribution < 1.29 is 26.7 Å². The number of alkyl halides is 3. The Balaban J connectivity index is 1.49. The van der Waals surface area contributed by atoms with Crippen molar-refractivity contribution in [3.63, 3.8) is 0 Å². The molecule has 0 amide bonds. The van der Waals surface area contributed by atoms with Gasteiger partial charge in [-0.05, 0) is 35.0 Å². The number of phenols is 1. The van der Waals surface area contributed by atoms with Gasteiger partial charge in [-0.2, -0.15) is 17.5 Å². The van der Waals surface area contributed by atoms with Crippen LogP contribution in [0, 0.1) is 0 Å². The maximum atomic E-state index is 13.0. The van der Waals surface area contributed by atoms with E-state index in [1.165, 1.54) is 10.4 Å². The highest BCUT2D eigenvalue weighted by Crippen LogP contribution is 2.32. The summed E-state index contributed by atoms with van der Waals surface area (Å²) in [6.45, 7) is 1.57. The van der Waals surface area contributed by atoms with E-state index in [2.05, 4.69) is 0 Å². The zero-order valence-corrected chi connectivity index (χ0v) is 17.3. The maximum Gasteiger partial charge on any atom is 0.416 e. The number of benzene rings is 3. The van der Waals surface area contributed by atoms with E-state index in [0.717, 1.165) is 28.5 Å². The first-order valence-electron chi connectivity index (χ1n) is 9.75. The fourth-order valence-electron chi connectivity index (χ4n) is 3.82. The Morgan fingerprint density at radius 1 is 0.903 bits per heavy atom. The maximum absolute atomic E-state index is 13.0. The monoisotopic (exact) mass is 450 g/mol. The Labute approximate surface area is 178 Å². The minimum absolute atomic E-state index is 0.157. The summed E-state index contributed by atoms with van der Waals surface area (Å²) in [6.07, 6.45) is -4.61. The van der Waals surface area contributed by atoms with Gasteiger partial charge >= 0.3 is 6.18 Å². The van der Waals surface area contributed by atoms with Crippen LogP contribution in [-0.4, -0.2) is 48.9 Å². The van der Waals surface area contributed by atoms with Crippen molar-refractivity contribution >= 4 is 20.8 Å². The number of hydrogen-bond acceptors (Lipinski definition) is 4. The third-order valence-corrected chi connectivity index (χ3v) is 7.42. The first kappa shape index (κ1) is 21.6. The van der Waals surface area contributed by atoms with Crippen molar-refractivity contribution in [3.8, 4) is 5.75 Å². The zero-order chi connectivity index (χ0) is 22.2. The summed E-state index contributed by atoms with van der Waals surface area (Å²) in [6, 6.07) is 15.0. The van der Waals surface area contributed by atoms with Crippen LogP contribution in [0.3, 0.4) is 0 Å². The van der Waals surface area contributed by atoms with Crippen molar-refractivity contribution in [2.75, 3.05) is 26.2 Å². The number of rotatable bonds is 4. The average Bonchev–Trinajstić information content (AvgIpc) is 2.76. The highest BCUT2D eigenvalue weighted by Gasteiger charge is 2.34. The quantitative estimate of drug-likeness (QED) is 0.651. The number of halogens is 3. The number of fused-ring (bicyclic) bond motifs is 1. The Morgan fingerprint density at radius 2 is 1.61 bits per heavy atom. The molecule has 4 rings (SSSR count). The molecule has 9 heteroatoms. The van der Waals surface area contributed by atoms with Crippen LogP contribution >= 0.6 is 0 Å². The summed E-state index contributed by atoms with van der Waals surface area (Å²) in [5, 5.41) is 12.3. The predicted octanol–water partition coefficient (Wildman–Crippen LogP) is 4.07. The molecular weight excluding hydrogens is 429 g/mol. The van der Waals surface area contributed by atoms with E-state index in [0.29, 0.717) is 25.7 Å². The van der Waals surface area contributed by atoms with Gasteiger partial charge < -0.3 is 5.11 Å². The van der Waals surface area contributed by atoms with Crippen LogP contribution in [0.1, 0.15) is 11.1 Å². The normalized spacial score (nSPS) is 16.6. The highest BCUT2D eigenvalue weighted by atomic mass is 32.2. The van der Waals surface area contributed by atoms with Gasteiger partial charge in [-0.3, -0.25) is 4.90 Å². The lowest BCUT2D eigenvalue weighted by Crippen LogP contribution is -2.48. The lowest BCUT2D eigenvalue weighted by molar-refractivity contribution is -0.137. The number of piperazine rings is 1. The smallest absolute Gasteiger partial charge is 0.416 e. The van der Waals surface area contributed by atoms with Gasteiger partial charge in [0.25, 0.3) is 0 Å². The van der Waals surface area contributed by atoms with Gasteiger partial charge in [-0.15, -0.1) is 0 Å². The SMILES string of the molecule is O=S(=O)(c1cccc(C(F)(F)F)c1)N1CCN(Cc2c(O)ccc3ccccc23)CC1. The van der Waals surface area contributed by atoms with Crippen LogP contribution < -0.4 is 0 Å². The average molecular weight is 450 g/mol. The third-order valence-electron chi connectivity index (χ3n) is 5.53. The minimum atomic E-state index is -4.61. The largest absolute Gasteiger partial charge is 0.508 e. The zero-order valence-electron chi connectivity index (χ0n) is 16.5. The van der Waals surface area contributed by atoms with Gasteiger partial charge in [-0.1, -0.05) is 36.4 Å². The van der Waals surface area contributed by atoms with Crippen molar-refractivity contribution in [1.82, 2.24) is 9.21 Å². The molecule has 5 nitrogen and oxygen atoms in total. The molecule has 1 saturated heterocycles. The molecule has 0 aliphatic carbocycles. The molecular formula is C22H21F3N2O3S. The molecule has 0 saturated carbocycles. The summed E-state index contributed by atoms with van der Waals surface area (Å²) in [5.41, 5.74) is -0.217. The van der Waals surface area contributed by atoms with Gasteiger partial charge in [-0.25, -0.2) is 8.42 Å². The molecule has 3 aromatic carbocycles. The Kier molecular flexibility index (Phi) is 5.67. The van der Waals surface area contributed by atoms with Gasteiger partial charge in [0.2, 0.25) is 10.0 Å². The van der Waals surface area contributed by atoms with Crippen LogP contribution in [0.25, 0.3) is 10.8 Å². The fraction of sp³-hybridized carbons (Fsp3) is 0.273. The number of nitrogens with zero attached hydrogens (tertiary/aromatic N) is 2. The van der Waals surface area contributed by atoms with Gasteiger partial charge in [0, 0.05) is 38.3 Å². The highest BCUT2D eigenvalue weighted by molar-refractivity contribution is 7.89. The molecule has 1 aliphatic rings. The van der Waals surface area contributed by atoms with E-state index in [1.54, 1.807) is 6.07 Å². The van der Waals surface area contributed by atoms with Gasteiger partial charge in [0.1, 0.15) is 5.75 Å². The van der Waals surface area contributed by atoms with Crippen molar-refractivity contribution in [3.05, 3.63) is 71.8 Å². The summed E-state index contributed by atoms with van der Waals surface area (Å²) < 4.78 is 65.8. The third kappa shape index (κ3) is 4.39. The minimum Gasteiger partial charge on any atom is -0.508 e.